The van der Waals surface area contributed by atoms with E-state index in [0.717, 1.165) is 66.4 Å². The second-order valence-electron chi connectivity index (χ2n) is 12.3. The van der Waals surface area contributed by atoms with Crippen molar-refractivity contribution in [1.29, 1.82) is 0 Å². The minimum absolute atomic E-state index is 0.573. The Hall–Kier alpha value is -6.92. The van der Waals surface area contributed by atoms with Gasteiger partial charge in [0.2, 0.25) is 5.95 Å². The van der Waals surface area contributed by atoms with Crippen LogP contribution in [0.5, 0.6) is 0 Å². The highest BCUT2D eigenvalue weighted by Crippen LogP contribution is 2.42. The molecule has 6 nitrogen and oxygen atoms in total. The highest BCUT2D eigenvalue weighted by atomic mass is 15.2. The quantitative estimate of drug-likeness (QED) is 0.188. The summed E-state index contributed by atoms with van der Waals surface area (Å²) < 4.78 is 4.47. The summed E-state index contributed by atoms with van der Waals surface area (Å²) in [5, 5.41) is 4.61. The third kappa shape index (κ3) is 4.43. The zero-order chi connectivity index (χ0) is 33.0. The van der Waals surface area contributed by atoms with Crippen LogP contribution in [-0.2, 0) is 0 Å². The highest BCUT2D eigenvalue weighted by molar-refractivity contribution is 6.28. The molecule has 4 heterocycles. The summed E-state index contributed by atoms with van der Waals surface area (Å²) in [5.74, 6) is 2.70. The van der Waals surface area contributed by atoms with E-state index in [4.69, 9.17) is 19.9 Å². The fourth-order valence-corrected chi connectivity index (χ4v) is 7.20. The van der Waals surface area contributed by atoms with Gasteiger partial charge < -0.3 is 0 Å². The lowest BCUT2D eigenvalue weighted by Gasteiger charge is -2.11. The maximum Gasteiger partial charge on any atom is 0.238 e. The lowest BCUT2D eigenvalue weighted by atomic mass is 10.1. The molecule has 10 aromatic rings. The summed E-state index contributed by atoms with van der Waals surface area (Å²) in [6.45, 7) is 0. The largest absolute Gasteiger partial charge is 0.294 e. The first-order valence-corrected chi connectivity index (χ1v) is 16.7. The number of hydrogen-bond donors (Lipinski definition) is 0. The van der Waals surface area contributed by atoms with E-state index in [-0.39, 0.29) is 0 Å². The number of para-hydroxylation sites is 2. The van der Waals surface area contributed by atoms with Gasteiger partial charge in [-0.25, -0.2) is 9.97 Å². The molecular formula is C44H28N6. The van der Waals surface area contributed by atoms with Gasteiger partial charge in [0, 0.05) is 38.2 Å². The third-order valence-electron chi connectivity index (χ3n) is 9.39. The molecule has 50 heavy (non-hydrogen) atoms. The van der Waals surface area contributed by atoms with Crippen molar-refractivity contribution < 1.29 is 0 Å². The van der Waals surface area contributed by atoms with Crippen LogP contribution in [0.2, 0.25) is 0 Å². The molecule has 0 unspecified atom stereocenters. The van der Waals surface area contributed by atoms with Gasteiger partial charge >= 0.3 is 0 Å². The fourth-order valence-electron chi connectivity index (χ4n) is 7.20. The summed E-state index contributed by atoms with van der Waals surface area (Å²) >= 11 is 0. The molecule has 0 atom stereocenters. The molecule has 0 radical (unpaired) electrons. The van der Waals surface area contributed by atoms with Crippen LogP contribution in [0.25, 0.3) is 89.4 Å². The maximum atomic E-state index is 5.19. The molecule has 0 aliphatic carbocycles. The molecule has 0 N–H and O–H groups in total. The van der Waals surface area contributed by atoms with Crippen LogP contribution in [0.15, 0.2) is 170 Å². The van der Waals surface area contributed by atoms with Crippen molar-refractivity contribution in [1.82, 2.24) is 29.1 Å². The number of rotatable bonds is 5. The van der Waals surface area contributed by atoms with Crippen molar-refractivity contribution in [3.05, 3.63) is 170 Å². The Morgan fingerprint density at radius 3 is 1.38 bits per heavy atom. The predicted molar refractivity (Wildman–Crippen MR) is 203 cm³/mol. The van der Waals surface area contributed by atoms with Crippen LogP contribution in [-0.4, -0.2) is 29.1 Å². The third-order valence-corrected chi connectivity index (χ3v) is 9.39. The van der Waals surface area contributed by atoms with Crippen molar-refractivity contribution in [2.24, 2.45) is 0 Å². The molecular weight excluding hydrogens is 613 g/mol. The van der Waals surface area contributed by atoms with Crippen molar-refractivity contribution in [3.8, 4) is 45.8 Å². The predicted octanol–water partition coefficient (Wildman–Crippen LogP) is 10.5. The number of benzene rings is 6. The van der Waals surface area contributed by atoms with E-state index in [0.29, 0.717) is 17.6 Å². The fraction of sp³-hybridized carbons (Fsp3) is 0. The molecule has 234 valence electrons. The number of pyridine rings is 1. The molecule has 10 rings (SSSR count). The Bertz CT molecular complexity index is 2800. The maximum absolute atomic E-state index is 5.19. The highest BCUT2D eigenvalue weighted by Gasteiger charge is 2.22. The van der Waals surface area contributed by atoms with Gasteiger partial charge in [-0.2, -0.15) is 9.97 Å². The van der Waals surface area contributed by atoms with Crippen LogP contribution in [0, 0.1) is 0 Å². The lowest BCUT2D eigenvalue weighted by Crippen LogP contribution is -2.06. The Kier molecular flexibility index (Phi) is 6.39. The van der Waals surface area contributed by atoms with Gasteiger partial charge in [-0.1, -0.05) is 133 Å². The summed E-state index contributed by atoms with van der Waals surface area (Å²) in [6.07, 6.45) is 0. The van der Waals surface area contributed by atoms with Crippen LogP contribution in [0.3, 0.4) is 0 Å². The van der Waals surface area contributed by atoms with E-state index < -0.39 is 0 Å². The van der Waals surface area contributed by atoms with Crippen molar-refractivity contribution in [2.45, 2.75) is 0 Å². The lowest BCUT2D eigenvalue weighted by molar-refractivity contribution is 0.953. The van der Waals surface area contributed by atoms with Gasteiger partial charge in [-0.05, 0) is 36.4 Å². The van der Waals surface area contributed by atoms with E-state index in [1.165, 1.54) is 5.39 Å². The Morgan fingerprint density at radius 1 is 0.320 bits per heavy atom. The Labute approximate surface area is 287 Å². The Balaban J connectivity index is 1.28. The van der Waals surface area contributed by atoms with E-state index in [1.807, 2.05) is 66.7 Å². The van der Waals surface area contributed by atoms with Crippen molar-refractivity contribution >= 4 is 43.6 Å². The summed E-state index contributed by atoms with van der Waals surface area (Å²) in [7, 11) is 0. The zero-order valence-corrected chi connectivity index (χ0v) is 26.8. The van der Waals surface area contributed by atoms with Gasteiger partial charge in [-0.3, -0.25) is 9.13 Å². The van der Waals surface area contributed by atoms with Gasteiger partial charge in [0.15, 0.2) is 11.6 Å². The summed E-state index contributed by atoms with van der Waals surface area (Å²) in [5.41, 5.74) is 8.13. The SMILES string of the molecule is c1ccc(-c2cccc(-n3c4ccccc4c4c5c6ccccc6n(-c6nc(-c7ccccc7)nc(-c7ccccc7)n6)c5ccc43)n2)cc1. The minimum Gasteiger partial charge on any atom is -0.294 e. The number of fused-ring (bicyclic) bond motifs is 7. The second-order valence-corrected chi connectivity index (χ2v) is 12.3. The normalized spacial score (nSPS) is 11.6. The van der Waals surface area contributed by atoms with Crippen molar-refractivity contribution in [3.63, 3.8) is 0 Å². The molecule has 6 heteroatoms. The first-order valence-electron chi connectivity index (χ1n) is 16.7. The van der Waals surface area contributed by atoms with E-state index in [1.54, 1.807) is 0 Å². The standard InChI is InChI=1S/C44H28N6/c1-4-15-29(16-5-1)34-23-14-26-39(45-34)49-35-24-12-10-21-32(35)40-37(49)27-28-38-41(40)33-22-11-13-25-36(33)50(38)44-47-42(30-17-6-2-7-18-30)46-43(48-44)31-19-8-3-9-20-31/h1-28H. The van der Waals surface area contributed by atoms with Crippen LogP contribution in [0.1, 0.15) is 0 Å². The smallest absolute Gasteiger partial charge is 0.238 e. The average molecular weight is 641 g/mol. The van der Waals surface area contributed by atoms with E-state index in [9.17, 15) is 0 Å². The molecule has 0 fully saturated rings. The minimum atomic E-state index is 0.573. The molecule has 6 aromatic carbocycles. The first-order chi connectivity index (χ1) is 24.8. The zero-order valence-electron chi connectivity index (χ0n) is 26.8. The van der Waals surface area contributed by atoms with Crippen LogP contribution < -0.4 is 0 Å². The second kappa shape index (κ2) is 11.4. The van der Waals surface area contributed by atoms with Gasteiger partial charge in [0.05, 0.1) is 27.8 Å². The topological polar surface area (TPSA) is 61.4 Å². The molecule has 0 aliphatic heterocycles. The number of hydrogen-bond acceptors (Lipinski definition) is 4. The molecule has 0 amide bonds. The molecule has 0 saturated carbocycles. The molecule has 0 bridgehead atoms. The van der Waals surface area contributed by atoms with Gasteiger partial charge in [0.1, 0.15) is 5.82 Å². The van der Waals surface area contributed by atoms with Gasteiger partial charge in [-0.15, -0.1) is 0 Å². The molecule has 4 aromatic heterocycles. The van der Waals surface area contributed by atoms with E-state index in [2.05, 4.69) is 112 Å². The molecule has 0 aliphatic rings. The monoisotopic (exact) mass is 640 g/mol. The van der Waals surface area contributed by atoms with Gasteiger partial charge in [0.25, 0.3) is 0 Å². The molecule has 0 saturated heterocycles. The number of aromatic nitrogens is 6. The average Bonchev–Trinajstić information content (AvgIpc) is 3.72. The summed E-state index contributed by atoms with van der Waals surface area (Å²) in [4.78, 5) is 20.4. The van der Waals surface area contributed by atoms with Crippen LogP contribution >= 0.6 is 0 Å². The first kappa shape index (κ1) is 28.1. The van der Waals surface area contributed by atoms with Crippen molar-refractivity contribution in [2.75, 3.05) is 0 Å². The Morgan fingerprint density at radius 2 is 0.800 bits per heavy atom. The molecule has 0 spiro atoms. The van der Waals surface area contributed by atoms with E-state index >= 15 is 0 Å². The number of nitrogens with zero attached hydrogens (tertiary/aromatic N) is 6. The van der Waals surface area contributed by atoms with Crippen LogP contribution in [0.4, 0.5) is 0 Å². The summed E-state index contributed by atoms with van der Waals surface area (Å²) in [6, 6.07) is 58.4.